The Bertz CT molecular complexity index is 732. The minimum Gasteiger partial charge on any atom is -0.380 e. The van der Waals surface area contributed by atoms with Gasteiger partial charge in [0.25, 0.3) is 0 Å². The highest BCUT2D eigenvalue weighted by atomic mass is 16.2. The van der Waals surface area contributed by atoms with Crippen LogP contribution in [0.5, 0.6) is 0 Å². The van der Waals surface area contributed by atoms with Crippen LogP contribution in [-0.4, -0.2) is 30.4 Å². The van der Waals surface area contributed by atoms with E-state index in [1.807, 2.05) is 43.4 Å². The maximum absolute atomic E-state index is 11.6. The molecule has 1 atom stereocenters. The van der Waals surface area contributed by atoms with E-state index in [-0.39, 0.29) is 11.9 Å². The molecule has 106 valence electrons. The standard InChI is InChI=1S/C17H17N3O/c1-20-11-13(7-9-17(20)21)19-16-8-6-12(10-18)14-4-2-3-5-15(14)16/h2-6,8,13,19H,7,9,11H2,1H3. The van der Waals surface area contributed by atoms with Crippen LogP contribution in [0.1, 0.15) is 18.4 Å². The first-order valence-corrected chi connectivity index (χ1v) is 7.11. The van der Waals surface area contributed by atoms with Gasteiger partial charge in [-0.15, -0.1) is 0 Å². The fraction of sp³-hybridized carbons (Fsp3) is 0.294. The second-order valence-corrected chi connectivity index (χ2v) is 5.47. The van der Waals surface area contributed by atoms with Gasteiger partial charge in [-0.3, -0.25) is 4.79 Å². The molecule has 1 amide bonds. The minimum atomic E-state index is 0.206. The van der Waals surface area contributed by atoms with Crippen molar-refractivity contribution in [3.8, 4) is 6.07 Å². The molecule has 3 rings (SSSR count). The fourth-order valence-electron chi connectivity index (χ4n) is 2.87. The van der Waals surface area contributed by atoms with Crippen LogP contribution in [0, 0.1) is 11.3 Å². The number of nitriles is 1. The molecule has 2 aromatic rings. The highest BCUT2D eigenvalue weighted by Crippen LogP contribution is 2.28. The number of fused-ring (bicyclic) bond motifs is 1. The molecular formula is C17H17N3O. The van der Waals surface area contributed by atoms with Crippen molar-refractivity contribution < 1.29 is 4.79 Å². The molecule has 4 nitrogen and oxygen atoms in total. The summed E-state index contributed by atoms with van der Waals surface area (Å²) in [4.78, 5) is 13.3. The number of anilines is 1. The Labute approximate surface area is 124 Å². The van der Waals surface area contributed by atoms with Gasteiger partial charge >= 0.3 is 0 Å². The van der Waals surface area contributed by atoms with E-state index in [1.54, 1.807) is 4.90 Å². The zero-order valence-electron chi connectivity index (χ0n) is 12.0. The van der Waals surface area contributed by atoms with Crippen LogP contribution >= 0.6 is 0 Å². The maximum atomic E-state index is 11.6. The van der Waals surface area contributed by atoms with E-state index in [1.165, 1.54) is 0 Å². The SMILES string of the molecule is CN1CC(Nc2ccc(C#N)c3ccccc23)CCC1=O. The summed E-state index contributed by atoms with van der Waals surface area (Å²) in [7, 11) is 1.84. The van der Waals surface area contributed by atoms with Gasteiger partial charge in [-0.25, -0.2) is 0 Å². The summed E-state index contributed by atoms with van der Waals surface area (Å²) >= 11 is 0. The van der Waals surface area contributed by atoms with Gasteiger partial charge in [0.05, 0.1) is 11.6 Å². The fourth-order valence-corrected chi connectivity index (χ4v) is 2.87. The first kappa shape index (κ1) is 13.4. The first-order valence-electron chi connectivity index (χ1n) is 7.11. The quantitative estimate of drug-likeness (QED) is 0.919. The third-order valence-electron chi connectivity index (χ3n) is 4.03. The maximum Gasteiger partial charge on any atom is 0.222 e. The number of piperidine rings is 1. The molecule has 0 saturated carbocycles. The van der Waals surface area contributed by atoms with Gasteiger partial charge < -0.3 is 10.2 Å². The Hall–Kier alpha value is -2.54. The van der Waals surface area contributed by atoms with Gasteiger partial charge in [0, 0.05) is 42.5 Å². The van der Waals surface area contributed by atoms with Crippen molar-refractivity contribution in [2.45, 2.75) is 18.9 Å². The molecule has 1 saturated heterocycles. The van der Waals surface area contributed by atoms with Gasteiger partial charge in [-0.2, -0.15) is 5.26 Å². The molecule has 0 bridgehead atoms. The predicted molar refractivity (Wildman–Crippen MR) is 82.9 cm³/mol. The number of likely N-dealkylation sites (N-methyl/N-ethyl adjacent to an activating group) is 1. The number of amides is 1. The topological polar surface area (TPSA) is 56.1 Å². The molecule has 1 aliphatic rings. The second-order valence-electron chi connectivity index (χ2n) is 5.47. The van der Waals surface area contributed by atoms with Crippen molar-refractivity contribution in [2.75, 3.05) is 18.9 Å². The predicted octanol–water partition coefficient (Wildman–Crippen LogP) is 2.74. The van der Waals surface area contributed by atoms with E-state index < -0.39 is 0 Å². The van der Waals surface area contributed by atoms with Crippen LogP contribution in [0.2, 0.25) is 0 Å². The molecule has 1 aliphatic heterocycles. The normalized spacial score (nSPS) is 18.6. The summed E-state index contributed by atoms with van der Waals surface area (Å²) in [5.74, 6) is 0.206. The Morgan fingerprint density at radius 1 is 1.24 bits per heavy atom. The van der Waals surface area contributed by atoms with Crippen molar-refractivity contribution in [3.05, 3.63) is 42.0 Å². The van der Waals surface area contributed by atoms with Crippen molar-refractivity contribution >= 4 is 22.4 Å². The van der Waals surface area contributed by atoms with E-state index >= 15 is 0 Å². The molecule has 2 aromatic carbocycles. The molecule has 1 heterocycles. The molecule has 1 N–H and O–H groups in total. The molecular weight excluding hydrogens is 262 g/mol. The van der Waals surface area contributed by atoms with Gasteiger partial charge in [0.2, 0.25) is 5.91 Å². The van der Waals surface area contributed by atoms with Crippen LogP contribution < -0.4 is 5.32 Å². The Morgan fingerprint density at radius 3 is 2.71 bits per heavy atom. The van der Waals surface area contributed by atoms with Crippen molar-refractivity contribution in [1.82, 2.24) is 4.90 Å². The largest absolute Gasteiger partial charge is 0.380 e. The highest BCUT2D eigenvalue weighted by Gasteiger charge is 2.23. The smallest absolute Gasteiger partial charge is 0.222 e. The Kier molecular flexibility index (Phi) is 3.49. The number of carbonyl (C=O) groups is 1. The number of hydrogen-bond acceptors (Lipinski definition) is 3. The molecule has 0 aromatic heterocycles. The van der Waals surface area contributed by atoms with Crippen LogP contribution in [-0.2, 0) is 4.79 Å². The van der Waals surface area contributed by atoms with Crippen LogP contribution in [0.4, 0.5) is 5.69 Å². The summed E-state index contributed by atoms with van der Waals surface area (Å²) in [5, 5.41) is 14.7. The molecule has 1 unspecified atom stereocenters. The molecule has 21 heavy (non-hydrogen) atoms. The molecule has 1 fully saturated rings. The number of nitrogens with one attached hydrogen (secondary N) is 1. The number of rotatable bonds is 2. The summed E-state index contributed by atoms with van der Waals surface area (Å²) in [5.41, 5.74) is 1.71. The monoisotopic (exact) mass is 279 g/mol. The number of hydrogen-bond donors (Lipinski definition) is 1. The molecule has 0 radical (unpaired) electrons. The zero-order valence-corrected chi connectivity index (χ0v) is 12.0. The molecule has 0 aliphatic carbocycles. The molecule has 4 heteroatoms. The average Bonchev–Trinajstić information content (AvgIpc) is 2.51. The lowest BCUT2D eigenvalue weighted by Gasteiger charge is -2.31. The van der Waals surface area contributed by atoms with E-state index in [9.17, 15) is 10.1 Å². The summed E-state index contributed by atoms with van der Waals surface area (Å²) < 4.78 is 0. The lowest BCUT2D eigenvalue weighted by atomic mass is 10.0. The minimum absolute atomic E-state index is 0.206. The number of likely N-dealkylation sites (tertiary alicyclic amines) is 1. The number of carbonyl (C=O) groups excluding carboxylic acids is 1. The van der Waals surface area contributed by atoms with Crippen LogP contribution in [0.25, 0.3) is 10.8 Å². The lowest BCUT2D eigenvalue weighted by Crippen LogP contribution is -2.43. The van der Waals surface area contributed by atoms with E-state index in [4.69, 9.17) is 0 Å². The van der Waals surface area contributed by atoms with Crippen LogP contribution in [0.15, 0.2) is 36.4 Å². The van der Waals surface area contributed by atoms with Gasteiger partial charge in [-0.05, 0) is 18.6 Å². The number of nitrogens with zero attached hydrogens (tertiary/aromatic N) is 2. The summed E-state index contributed by atoms with van der Waals surface area (Å²) in [6.07, 6.45) is 1.43. The Balaban J connectivity index is 1.92. The van der Waals surface area contributed by atoms with E-state index in [0.29, 0.717) is 18.5 Å². The Morgan fingerprint density at radius 2 is 2.00 bits per heavy atom. The third-order valence-corrected chi connectivity index (χ3v) is 4.03. The van der Waals surface area contributed by atoms with Crippen molar-refractivity contribution in [2.24, 2.45) is 0 Å². The third kappa shape index (κ3) is 2.55. The molecule has 0 spiro atoms. The van der Waals surface area contributed by atoms with Gasteiger partial charge in [-0.1, -0.05) is 24.3 Å². The lowest BCUT2D eigenvalue weighted by molar-refractivity contribution is -0.132. The second kappa shape index (κ2) is 5.45. The van der Waals surface area contributed by atoms with E-state index in [2.05, 4.69) is 11.4 Å². The van der Waals surface area contributed by atoms with E-state index in [0.717, 1.165) is 22.9 Å². The van der Waals surface area contributed by atoms with Crippen molar-refractivity contribution in [1.29, 1.82) is 5.26 Å². The summed E-state index contributed by atoms with van der Waals surface area (Å²) in [6.45, 7) is 0.715. The zero-order chi connectivity index (χ0) is 14.8. The average molecular weight is 279 g/mol. The van der Waals surface area contributed by atoms with Gasteiger partial charge in [0.1, 0.15) is 0 Å². The summed E-state index contributed by atoms with van der Waals surface area (Å²) in [6, 6.07) is 14.2. The van der Waals surface area contributed by atoms with Crippen LogP contribution in [0.3, 0.4) is 0 Å². The van der Waals surface area contributed by atoms with Crippen molar-refractivity contribution in [3.63, 3.8) is 0 Å². The first-order chi connectivity index (χ1) is 10.2. The highest BCUT2D eigenvalue weighted by molar-refractivity contribution is 5.97. The van der Waals surface area contributed by atoms with Gasteiger partial charge in [0.15, 0.2) is 0 Å². The number of benzene rings is 2.